The van der Waals surface area contributed by atoms with Crippen LogP contribution in [0.1, 0.15) is 35.1 Å². The Kier molecular flexibility index (Phi) is 5.41. The third-order valence-electron chi connectivity index (χ3n) is 4.09. The monoisotopic (exact) mass is 303 g/mol. The second-order valence-electron chi connectivity index (χ2n) is 6.01. The van der Waals surface area contributed by atoms with Crippen molar-refractivity contribution in [1.29, 1.82) is 0 Å². The predicted octanol–water partition coefficient (Wildman–Crippen LogP) is 1.73. The number of rotatable bonds is 4. The molecule has 1 aromatic carbocycles. The number of benzene rings is 1. The van der Waals surface area contributed by atoms with Crippen molar-refractivity contribution >= 4 is 11.9 Å². The molecule has 1 heterocycles. The molecule has 0 aromatic heterocycles. The summed E-state index contributed by atoms with van der Waals surface area (Å²) < 4.78 is 0. The van der Waals surface area contributed by atoms with Gasteiger partial charge in [-0.25, -0.2) is 4.79 Å². The number of hydrogen-bond donors (Lipinski definition) is 3. The zero-order valence-corrected chi connectivity index (χ0v) is 13.6. The van der Waals surface area contributed by atoms with Gasteiger partial charge in [0.05, 0.1) is 0 Å². The fraction of sp³-hybridized carbons (Fsp3) is 0.529. The molecule has 3 N–H and O–H groups in total. The molecule has 0 radical (unpaired) electrons. The van der Waals surface area contributed by atoms with Crippen LogP contribution in [-0.2, 0) is 11.2 Å². The lowest BCUT2D eigenvalue weighted by molar-refractivity contribution is -0.124. The fourth-order valence-corrected chi connectivity index (χ4v) is 3.02. The van der Waals surface area contributed by atoms with Gasteiger partial charge in [-0.1, -0.05) is 17.7 Å². The summed E-state index contributed by atoms with van der Waals surface area (Å²) in [4.78, 5) is 23.5. The zero-order chi connectivity index (χ0) is 16.1. The molecule has 5 nitrogen and oxygen atoms in total. The molecule has 1 saturated heterocycles. The van der Waals surface area contributed by atoms with E-state index in [0.717, 1.165) is 12.8 Å². The van der Waals surface area contributed by atoms with E-state index < -0.39 is 6.04 Å². The van der Waals surface area contributed by atoms with Gasteiger partial charge < -0.3 is 16.0 Å². The number of hydrogen-bond acceptors (Lipinski definition) is 2. The molecule has 120 valence electrons. The van der Waals surface area contributed by atoms with Gasteiger partial charge in [-0.05, 0) is 56.7 Å². The number of amides is 3. The summed E-state index contributed by atoms with van der Waals surface area (Å²) >= 11 is 0. The van der Waals surface area contributed by atoms with Crippen molar-refractivity contribution in [3.05, 3.63) is 34.4 Å². The summed E-state index contributed by atoms with van der Waals surface area (Å²) in [5.74, 6) is -0.0911. The van der Waals surface area contributed by atoms with Crippen LogP contribution in [0.2, 0.25) is 0 Å². The Morgan fingerprint density at radius 1 is 1.27 bits per heavy atom. The quantitative estimate of drug-likeness (QED) is 0.793. The van der Waals surface area contributed by atoms with Gasteiger partial charge in [0.25, 0.3) is 0 Å². The summed E-state index contributed by atoms with van der Waals surface area (Å²) in [6.07, 6.45) is 2.40. The first kappa shape index (κ1) is 16.3. The second kappa shape index (κ2) is 7.29. The van der Waals surface area contributed by atoms with Crippen molar-refractivity contribution in [2.75, 3.05) is 13.1 Å². The minimum absolute atomic E-state index is 0.0911. The van der Waals surface area contributed by atoms with E-state index in [-0.39, 0.29) is 11.9 Å². The Bertz CT molecular complexity index is 546. The smallest absolute Gasteiger partial charge is 0.315 e. The highest BCUT2D eigenvalue weighted by molar-refractivity contribution is 5.87. The summed E-state index contributed by atoms with van der Waals surface area (Å²) in [6.45, 7) is 7.55. The van der Waals surface area contributed by atoms with Crippen LogP contribution in [0.25, 0.3) is 0 Å². The third-order valence-corrected chi connectivity index (χ3v) is 4.09. The van der Waals surface area contributed by atoms with Crippen LogP contribution >= 0.6 is 0 Å². The lowest BCUT2D eigenvalue weighted by Gasteiger charge is -2.23. The summed E-state index contributed by atoms with van der Waals surface area (Å²) in [5, 5.41) is 8.33. The molecular weight excluding hydrogens is 278 g/mol. The normalized spacial score (nSPS) is 17.8. The SMILES string of the molecule is Cc1cc(C)c(CCNC(=O)N[C@H]2CCCNC2=O)c(C)c1. The van der Waals surface area contributed by atoms with Crippen LogP contribution in [0, 0.1) is 20.8 Å². The highest BCUT2D eigenvalue weighted by atomic mass is 16.2. The van der Waals surface area contributed by atoms with Crippen molar-refractivity contribution in [3.63, 3.8) is 0 Å². The van der Waals surface area contributed by atoms with Gasteiger partial charge >= 0.3 is 6.03 Å². The standard InChI is InChI=1S/C17H25N3O2/c1-11-9-12(2)14(13(3)10-11)6-8-19-17(22)20-15-5-4-7-18-16(15)21/h9-10,15H,4-8H2,1-3H3,(H,18,21)(H2,19,20,22)/t15-/m0/s1. The molecule has 0 spiro atoms. The summed E-state index contributed by atoms with van der Waals surface area (Å²) in [5.41, 5.74) is 5.05. The molecule has 1 fully saturated rings. The second-order valence-corrected chi connectivity index (χ2v) is 6.01. The van der Waals surface area contributed by atoms with E-state index in [1.807, 2.05) is 0 Å². The van der Waals surface area contributed by atoms with Crippen molar-refractivity contribution < 1.29 is 9.59 Å². The largest absolute Gasteiger partial charge is 0.354 e. The van der Waals surface area contributed by atoms with E-state index in [1.54, 1.807) is 0 Å². The molecule has 1 aliphatic heterocycles. The van der Waals surface area contributed by atoms with E-state index in [9.17, 15) is 9.59 Å². The molecule has 5 heteroatoms. The van der Waals surface area contributed by atoms with Gasteiger partial charge in [-0.15, -0.1) is 0 Å². The van der Waals surface area contributed by atoms with Gasteiger partial charge in [-0.2, -0.15) is 0 Å². The van der Waals surface area contributed by atoms with Crippen LogP contribution in [0.4, 0.5) is 4.79 Å². The number of carbonyl (C=O) groups is 2. The predicted molar refractivity (Wildman–Crippen MR) is 86.9 cm³/mol. The Hall–Kier alpha value is -2.04. The number of urea groups is 1. The Balaban J connectivity index is 1.81. The van der Waals surface area contributed by atoms with Crippen molar-refractivity contribution in [3.8, 4) is 0 Å². The number of nitrogens with one attached hydrogen (secondary N) is 3. The molecule has 1 atom stereocenters. The molecular formula is C17H25N3O2. The van der Waals surface area contributed by atoms with E-state index in [2.05, 4.69) is 48.9 Å². The molecule has 0 aliphatic carbocycles. The number of aryl methyl sites for hydroxylation is 3. The Morgan fingerprint density at radius 2 is 1.95 bits per heavy atom. The average molecular weight is 303 g/mol. The van der Waals surface area contributed by atoms with Gasteiger partial charge in [0.2, 0.25) is 5.91 Å². The van der Waals surface area contributed by atoms with Gasteiger partial charge in [-0.3, -0.25) is 4.79 Å². The van der Waals surface area contributed by atoms with Crippen LogP contribution in [0.15, 0.2) is 12.1 Å². The molecule has 0 unspecified atom stereocenters. The lowest BCUT2D eigenvalue weighted by atomic mass is 9.97. The lowest BCUT2D eigenvalue weighted by Crippen LogP contribution is -2.52. The van der Waals surface area contributed by atoms with Gasteiger partial charge in [0, 0.05) is 13.1 Å². The molecule has 2 rings (SSSR count). The Morgan fingerprint density at radius 3 is 2.59 bits per heavy atom. The van der Waals surface area contributed by atoms with Crippen LogP contribution in [-0.4, -0.2) is 31.1 Å². The van der Waals surface area contributed by atoms with Gasteiger partial charge in [0.1, 0.15) is 6.04 Å². The third kappa shape index (κ3) is 4.23. The zero-order valence-electron chi connectivity index (χ0n) is 13.6. The van der Waals surface area contributed by atoms with Crippen molar-refractivity contribution in [2.24, 2.45) is 0 Å². The highest BCUT2D eigenvalue weighted by Gasteiger charge is 2.23. The average Bonchev–Trinajstić information content (AvgIpc) is 2.44. The molecule has 1 aromatic rings. The van der Waals surface area contributed by atoms with Crippen LogP contribution in [0.5, 0.6) is 0 Å². The molecule has 3 amide bonds. The van der Waals surface area contributed by atoms with Crippen molar-refractivity contribution in [1.82, 2.24) is 16.0 Å². The van der Waals surface area contributed by atoms with Gasteiger partial charge in [0.15, 0.2) is 0 Å². The number of carbonyl (C=O) groups excluding carboxylic acids is 2. The maximum atomic E-state index is 11.9. The topological polar surface area (TPSA) is 70.2 Å². The highest BCUT2D eigenvalue weighted by Crippen LogP contribution is 2.16. The Labute approximate surface area is 131 Å². The van der Waals surface area contributed by atoms with E-state index in [4.69, 9.17) is 0 Å². The van der Waals surface area contributed by atoms with Crippen LogP contribution in [0.3, 0.4) is 0 Å². The van der Waals surface area contributed by atoms with Crippen molar-refractivity contribution in [2.45, 2.75) is 46.1 Å². The minimum Gasteiger partial charge on any atom is -0.354 e. The maximum absolute atomic E-state index is 11.9. The first-order valence-electron chi connectivity index (χ1n) is 7.86. The van der Waals surface area contributed by atoms with Crippen LogP contribution < -0.4 is 16.0 Å². The summed E-state index contributed by atoms with van der Waals surface area (Å²) in [6, 6.07) is 3.64. The molecule has 22 heavy (non-hydrogen) atoms. The first-order chi connectivity index (χ1) is 10.5. The molecule has 1 aliphatic rings. The first-order valence-corrected chi connectivity index (χ1v) is 7.86. The molecule has 0 saturated carbocycles. The molecule has 0 bridgehead atoms. The van der Waals surface area contributed by atoms with E-state index in [1.165, 1.54) is 22.3 Å². The maximum Gasteiger partial charge on any atom is 0.315 e. The van der Waals surface area contributed by atoms with E-state index >= 15 is 0 Å². The van der Waals surface area contributed by atoms with E-state index in [0.29, 0.717) is 19.5 Å². The fourth-order valence-electron chi connectivity index (χ4n) is 3.02. The summed E-state index contributed by atoms with van der Waals surface area (Å²) in [7, 11) is 0. The minimum atomic E-state index is -0.406. The number of piperidine rings is 1.